The molecule has 0 aliphatic heterocycles. The van der Waals surface area contributed by atoms with Crippen LogP contribution in [0.4, 0.5) is 15.9 Å². The van der Waals surface area contributed by atoms with Gasteiger partial charge in [0.05, 0.1) is 16.8 Å². The van der Waals surface area contributed by atoms with Gasteiger partial charge in [0.25, 0.3) is 0 Å². The molecule has 1 aromatic heterocycles. The summed E-state index contributed by atoms with van der Waals surface area (Å²) in [5, 5.41) is 10.8. The summed E-state index contributed by atoms with van der Waals surface area (Å²) >= 11 is 0. The van der Waals surface area contributed by atoms with Crippen LogP contribution < -0.4 is 14.9 Å². The van der Waals surface area contributed by atoms with Crippen molar-refractivity contribution in [1.82, 2.24) is 14.9 Å². The summed E-state index contributed by atoms with van der Waals surface area (Å²) in [7, 11) is 0.119. The van der Waals surface area contributed by atoms with Crippen LogP contribution in [0, 0.1) is 5.82 Å². The number of aromatic nitrogens is 2. The van der Waals surface area contributed by atoms with E-state index in [1.807, 2.05) is 25.1 Å². The van der Waals surface area contributed by atoms with Crippen molar-refractivity contribution in [2.45, 2.75) is 4.90 Å². The highest BCUT2D eigenvalue weighted by atomic mass is 32.2. The van der Waals surface area contributed by atoms with Gasteiger partial charge in [0.2, 0.25) is 10.0 Å². The maximum Gasteiger partial charge on any atom is 0.240 e. The number of rotatable bonds is 7. The van der Waals surface area contributed by atoms with Gasteiger partial charge in [-0.3, -0.25) is 0 Å². The number of nitrogens with zero attached hydrogens (tertiary/aromatic N) is 3. The summed E-state index contributed by atoms with van der Waals surface area (Å²) < 4.78 is 39.3. The average Bonchev–Trinajstić information content (AvgIpc) is 2.52. The van der Waals surface area contributed by atoms with E-state index >= 15 is 0 Å². The molecule has 2 aromatic rings. The fraction of sp³-hybridized carbons (Fsp3) is 0.286. The van der Waals surface area contributed by atoms with Crippen molar-refractivity contribution in [2.24, 2.45) is 0 Å². The molecule has 0 unspecified atom stereocenters. The third-order valence-electron chi connectivity index (χ3n) is 3.00. The topological polar surface area (TPSA) is 87.2 Å². The van der Waals surface area contributed by atoms with Crippen LogP contribution in [0.2, 0.25) is 0 Å². The molecule has 0 radical (unpaired) electrons. The van der Waals surface area contributed by atoms with Gasteiger partial charge in [0, 0.05) is 33.3 Å². The molecular formula is C14H18FN5O2S. The first-order valence-electron chi connectivity index (χ1n) is 6.87. The Kier molecular flexibility index (Phi) is 5.45. The number of halogens is 1. The van der Waals surface area contributed by atoms with Crippen LogP contribution in [0.25, 0.3) is 0 Å². The molecule has 1 aromatic carbocycles. The lowest BCUT2D eigenvalue weighted by molar-refractivity contribution is 0.582. The van der Waals surface area contributed by atoms with Gasteiger partial charge in [0.1, 0.15) is 5.82 Å². The molecule has 9 heteroatoms. The van der Waals surface area contributed by atoms with Crippen LogP contribution >= 0.6 is 0 Å². The minimum atomic E-state index is -3.65. The van der Waals surface area contributed by atoms with Crippen LogP contribution in [0.3, 0.4) is 0 Å². The van der Waals surface area contributed by atoms with E-state index in [0.29, 0.717) is 12.4 Å². The molecule has 2 N–H and O–H groups in total. The van der Waals surface area contributed by atoms with Crippen LogP contribution in [0.1, 0.15) is 0 Å². The van der Waals surface area contributed by atoms with Gasteiger partial charge in [-0.05, 0) is 24.3 Å². The predicted molar refractivity (Wildman–Crippen MR) is 86.4 cm³/mol. The zero-order valence-electron chi connectivity index (χ0n) is 12.8. The molecule has 0 fully saturated rings. The van der Waals surface area contributed by atoms with Crippen molar-refractivity contribution in [3.05, 3.63) is 42.3 Å². The van der Waals surface area contributed by atoms with E-state index < -0.39 is 15.8 Å². The maximum atomic E-state index is 12.8. The number of hydrogen-bond donors (Lipinski definition) is 2. The first kappa shape index (κ1) is 17.1. The first-order chi connectivity index (χ1) is 10.9. The lowest BCUT2D eigenvalue weighted by atomic mass is 10.4. The average molecular weight is 339 g/mol. The monoisotopic (exact) mass is 339 g/mol. The second kappa shape index (κ2) is 7.34. The van der Waals surface area contributed by atoms with Crippen molar-refractivity contribution in [3.63, 3.8) is 0 Å². The molecule has 2 rings (SSSR count). The molecular weight excluding hydrogens is 321 g/mol. The van der Waals surface area contributed by atoms with Crippen LogP contribution in [0.15, 0.2) is 41.4 Å². The molecule has 0 bridgehead atoms. The Bertz CT molecular complexity index is 750. The minimum absolute atomic E-state index is 0.0216. The highest BCUT2D eigenvalue weighted by Crippen LogP contribution is 2.12. The van der Waals surface area contributed by atoms with Gasteiger partial charge >= 0.3 is 0 Å². The standard InChI is InChI=1S/C14H18FN5O2S/c1-20(2)12-9-14(19-17-10-12)16-7-8-18-23(21,22)13-5-3-11(15)4-6-13/h3-6,9-10,18H,7-8H2,1-2H3,(H,16,19). The second-order valence-corrected chi connectivity index (χ2v) is 6.74. The van der Waals surface area contributed by atoms with E-state index in [4.69, 9.17) is 0 Å². The third kappa shape index (κ3) is 4.86. The van der Waals surface area contributed by atoms with Gasteiger partial charge in [-0.25, -0.2) is 17.5 Å². The Morgan fingerprint density at radius 1 is 1.17 bits per heavy atom. The van der Waals surface area contributed by atoms with Crippen molar-refractivity contribution in [1.29, 1.82) is 0 Å². The first-order valence-corrected chi connectivity index (χ1v) is 8.36. The summed E-state index contributed by atoms with van der Waals surface area (Å²) in [5.74, 6) is 0.0714. The molecule has 7 nitrogen and oxygen atoms in total. The maximum absolute atomic E-state index is 12.8. The van der Waals surface area contributed by atoms with E-state index in [1.165, 1.54) is 12.1 Å². The molecule has 0 saturated carbocycles. The van der Waals surface area contributed by atoms with Crippen LogP contribution in [-0.4, -0.2) is 45.8 Å². The highest BCUT2D eigenvalue weighted by molar-refractivity contribution is 7.89. The zero-order valence-corrected chi connectivity index (χ0v) is 13.6. The Labute approximate surface area is 134 Å². The van der Waals surface area contributed by atoms with Gasteiger partial charge in [-0.15, -0.1) is 5.10 Å². The molecule has 0 atom stereocenters. The van der Waals surface area contributed by atoms with E-state index in [-0.39, 0.29) is 11.4 Å². The molecule has 0 aliphatic carbocycles. The Hall–Kier alpha value is -2.26. The van der Waals surface area contributed by atoms with E-state index in [2.05, 4.69) is 20.2 Å². The van der Waals surface area contributed by atoms with Gasteiger partial charge in [0.15, 0.2) is 5.82 Å². The Balaban J connectivity index is 1.87. The highest BCUT2D eigenvalue weighted by Gasteiger charge is 2.12. The predicted octanol–water partition coefficient (Wildman–Crippen LogP) is 1.07. The Morgan fingerprint density at radius 2 is 1.87 bits per heavy atom. The SMILES string of the molecule is CN(C)c1cnnc(NCCNS(=O)(=O)c2ccc(F)cc2)c1. The van der Waals surface area contributed by atoms with Crippen molar-refractivity contribution < 1.29 is 12.8 Å². The number of sulfonamides is 1. The largest absolute Gasteiger partial charge is 0.376 e. The van der Waals surface area contributed by atoms with E-state index in [9.17, 15) is 12.8 Å². The number of hydrogen-bond acceptors (Lipinski definition) is 6. The van der Waals surface area contributed by atoms with Gasteiger partial charge < -0.3 is 10.2 Å². The Morgan fingerprint density at radius 3 is 2.52 bits per heavy atom. The van der Waals surface area contributed by atoms with Crippen molar-refractivity contribution in [3.8, 4) is 0 Å². The van der Waals surface area contributed by atoms with Crippen molar-refractivity contribution in [2.75, 3.05) is 37.4 Å². The molecule has 0 amide bonds. The molecule has 0 spiro atoms. The summed E-state index contributed by atoms with van der Waals surface area (Å²) in [6.07, 6.45) is 1.63. The normalized spacial score (nSPS) is 11.3. The number of nitrogens with one attached hydrogen (secondary N) is 2. The lowest BCUT2D eigenvalue weighted by Gasteiger charge is -2.13. The third-order valence-corrected chi connectivity index (χ3v) is 4.48. The summed E-state index contributed by atoms with van der Waals surface area (Å²) in [6, 6.07) is 6.46. The minimum Gasteiger partial charge on any atom is -0.376 e. The molecule has 1 heterocycles. The quantitative estimate of drug-likeness (QED) is 0.734. The summed E-state index contributed by atoms with van der Waals surface area (Å²) in [5.41, 5.74) is 0.884. The lowest BCUT2D eigenvalue weighted by Crippen LogP contribution is -2.29. The molecule has 23 heavy (non-hydrogen) atoms. The van der Waals surface area contributed by atoms with Gasteiger partial charge in [-0.1, -0.05) is 0 Å². The van der Waals surface area contributed by atoms with E-state index in [0.717, 1.165) is 17.8 Å². The van der Waals surface area contributed by atoms with Crippen molar-refractivity contribution >= 4 is 21.5 Å². The zero-order chi connectivity index (χ0) is 16.9. The van der Waals surface area contributed by atoms with Crippen LogP contribution in [-0.2, 0) is 10.0 Å². The fourth-order valence-electron chi connectivity index (χ4n) is 1.76. The summed E-state index contributed by atoms with van der Waals surface area (Å²) in [4.78, 5) is 1.91. The molecule has 124 valence electrons. The fourth-order valence-corrected chi connectivity index (χ4v) is 2.79. The second-order valence-electron chi connectivity index (χ2n) is 4.97. The smallest absolute Gasteiger partial charge is 0.240 e. The number of benzene rings is 1. The van der Waals surface area contributed by atoms with Crippen LogP contribution in [0.5, 0.6) is 0 Å². The van der Waals surface area contributed by atoms with Gasteiger partial charge in [-0.2, -0.15) is 5.10 Å². The molecule has 0 saturated heterocycles. The number of anilines is 2. The van der Waals surface area contributed by atoms with E-state index in [1.54, 1.807) is 6.20 Å². The summed E-state index contributed by atoms with van der Waals surface area (Å²) in [6.45, 7) is 0.500. The molecule has 0 aliphatic rings.